The summed E-state index contributed by atoms with van der Waals surface area (Å²) in [5.41, 5.74) is 0.692. The van der Waals surface area contributed by atoms with Gasteiger partial charge in [-0.2, -0.15) is 5.10 Å². The quantitative estimate of drug-likeness (QED) is 0.727. The summed E-state index contributed by atoms with van der Waals surface area (Å²) in [5.74, 6) is 0.337. The maximum absolute atomic E-state index is 12.5. The minimum atomic E-state index is -3.87. The molecular weight excluding hydrogens is 377 g/mol. The molecule has 0 saturated heterocycles. The molecule has 0 atom stereocenters. The highest BCUT2D eigenvalue weighted by atomic mass is 35.5. The van der Waals surface area contributed by atoms with E-state index in [1.807, 2.05) is 17.5 Å². The number of nitrogens with one attached hydrogen (secondary N) is 1. The molecule has 0 aliphatic carbocycles. The van der Waals surface area contributed by atoms with Gasteiger partial charge in [-0.3, -0.25) is 9.40 Å². The standard InChI is InChI=1S/C14H11Cl2N3O2S2/c1-19-14(8-11(17-19)12-3-2-6-22-12)18-23(20,21)13-7-9(15)4-5-10(13)16/h2-8,18H,1H3. The first-order valence-corrected chi connectivity index (χ1v) is 9.54. The Balaban J connectivity index is 1.97. The Bertz CT molecular complexity index is 951. The summed E-state index contributed by atoms with van der Waals surface area (Å²) in [6, 6.07) is 9.77. The molecule has 0 radical (unpaired) electrons. The Labute approximate surface area is 147 Å². The minimum Gasteiger partial charge on any atom is -0.264 e. The van der Waals surface area contributed by atoms with E-state index in [1.54, 1.807) is 13.1 Å². The van der Waals surface area contributed by atoms with E-state index in [-0.39, 0.29) is 9.92 Å². The van der Waals surface area contributed by atoms with Crippen LogP contribution in [-0.2, 0) is 17.1 Å². The van der Waals surface area contributed by atoms with Crippen LogP contribution >= 0.6 is 34.5 Å². The second kappa shape index (κ2) is 6.16. The van der Waals surface area contributed by atoms with Crippen LogP contribution in [0.5, 0.6) is 0 Å². The number of sulfonamides is 1. The fourth-order valence-electron chi connectivity index (χ4n) is 1.98. The second-order valence-electron chi connectivity index (χ2n) is 4.70. The van der Waals surface area contributed by atoms with Crippen molar-refractivity contribution in [2.45, 2.75) is 4.90 Å². The Morgan fingerprint density at radius 2 is 2.00 bits per heavy atom. The second-order valence-corrected chi connectivity index (χ2v) is 8.14. The first-order valence-electron chi connectivity index (χ1n) is 6.42. The smallest absolute Gasteiger partial charge is 0.264 e. The van der Waals surface area contributed by atoms with E-state index >= 15 is 0 Å². The van der Waals surface area contributed by atoms with Crippen molar-refractivity contribution < 1.29 is 8.42 Å². The number of aryl methyl sites for hydroxylation is 1. The van der Waals surface area contributed by atoms with Gasteiger partial charge in [-0.25, -0.2) is 8.42 Å². The Hall–Kier alpha value is -1.54. The highest BCUT2D eigenvalue weighted by molar-refractivity contribution is 7.92. The highest BCUT2D eigenvalue weighted by Gasteiger charge is 2.21. The van der Waals surface area contributed by atoms with Gasteiger partial charge in [-0.05, 0) is 29.6 Å². The van der Waals surface area contributed by atoms with Crippen molar-refractivity contribution in [3.05, 3.63) is 51.8 Å². The number of nitrogens with zero attached hydrogens (tertiary/aromatic N) is 2. The van der Waals surface area contributed by atoms with Crippen LogP contribution in [0.3, 0.4) is 0 Å². The average molecular weight is 388 g/mol. The van der Waals surface area contributed by atoms with Crippen molar-refractivity contribution in [3.63, 3.8) is 0 Å². The fourth-order valence-corrected chi connectivity index (χ4v) is 4.51. The van der Waals surface area contributed by atoms with Gasteiger partial charge in [0.2, 0.25) is 0 Å². The number of anilines is 1. The zero-order chi connectivity index (χ0) is 16.6. The topological polar surface area (TPSA) is 64.0 Å². The van der Waals surface area contributed by atoms with Crippen LogP contribution in [0, 0.1) is 0 Å². The van der Waals surface area contributed by atoms with Gasteiger partial charge in [0, 0.05) is 18.1 Å². The van der Waals surface area contributed by atoms with Gasteiger partial charge in [-0.15, -0.1) is 11.3 Å². The zero-order valence-electron chi connectivity index (χ0n) is 11.8. The molecular formula is C14H11Cl2N3O2S2. The molecule has 3 rings (SSSR count). The summed E-state index contributed by atoms with van der Waals surface area (Å²) < 4.78 is 29.0. The number of rotatable bonds is 4. The fraction of sp³-hybridized carbons (Fsp3) is 0.0714. The van der Waals surface area contributed by atoms with Gasteiger partial charge in [0.05, 0.1) is 9.90 Å². The third kappa shape index (κ3) is 3.37. The third-order valence-electron chi connectivity index (χ3n) is 3.08. The lowest BCUT2D eigenvalue weighted by Gasteiger charge is -2.09. The van der Waals surface area contributed by atoms with Gasteiger partial charge in [-0.1, -0.05) is 29.3 Å². The van der Waals surface area contributed by atoms with E-state index < -0.39 is 10.0 Å². The summed E-state index contributed by atoms with van der Waals surface area (Å²) in [6.45, 7) is 0. The Morgan fingerprint density at radius 1 is 1.22 bits per heavy atom. The molecule has 0 aliphatic heterocycles. The van der Waals surface area contributed by atoms with Crippen LogP contribution in [0.25, 0.3) is 10.6 Å². The summed E-state index contributed by atoms with van der Waals surface area (Å²) in [5, 5.41) is 6.63. The molecule has 0 saturated carbocycles. The minimum absolute atomic E-state index is 0.0782. The molecule has 0 bridgehead atoms. The predicted molar refractivity (Wildman–Crippen MR) is 93.8 cm³/mol. The zero-order valence-corrected chi connectivity index (χ0v) is 15.0. The molecule has 2 heterocycles. The van der Waals surface area contributed by atoms with Crippen molar-refractivity contribution in [1.82, 2.24) is 9.78 Å². The van der Waals surface area contributed by atoms with Crippen molar-refractivity contribution in [2.24, 2.45) is 7.05 Å². The van der Waals surface area contributed by atoms with Gasteiger partial charge >= 0.3 is 0 Å². The van der Waals surface area contributed by atoms with Crippen molar-refractivity contribution in [2.75, 3.05) is 4.72 Å². The van der Waals surface area contributed by atoms with Crippen molar-refractivity contribution >= 4 is 50.4 Å². The number of hydrogen-bond acceptors (Lipinski definition) is 4. The maximum Gasteiger partial charge on any atom is 0.264 e. The van der Waals surface area contributed by atoms with Crippen molar-refractivity contribution in [1.29, 1.82) is 0 Å². The molecule has 120 valence electrons. The first-order chi connectivity index (χ1) is 10.9. The molecule has 0 fully saturated rings. The molecule has 0 aliphatic rings. The third-order valence-corrected chi connectivity index (χ3v) is 6.04. The number of thiophene rings is 1. The lowest BCUT2D eigenvalue weighted by molar-refractivity contribution is 0.600. The molecule has 0 amide bonds. The molecule has 2 aromatic heterocycles. The summed E-state index contributed by atoms with van der Waals surface area (Å²) in [6.07, 6.45) is 0. The molecule has 9 heteroatoms. The molecule has 5 nitrogen and oxygen atoms in total. The van der Waals surface area contributed by atoms with Gasteiger partial charge in [0.1, 0.15) is 16.4 Å². The largest absolute Gasteiger partial charge is 0.264 e. The lowest BCUT2D eigenvalue weighted by Crippen LogP contribution is -2.15. The summed E-state index contributed by atoms with van der Waals surface area (Å²) in [4.78, 5) is 0.873. The number of aromatic nitrogens is 2. The van der Waals surface area contributed by atoms with E-state index in [2.05, 4.69) is 9.82 Å². The van der Waals surface area contributed by atoms with E-state index in [0.717, 1.165) is 4.88 Å². The van der Waals surface area contributed by atoms with E-state index in [1.165, 1.54) is 34.2 Å². The van der Waals surface area contributed by atoms with Crippen LogP contribution in [0.15, 0.2) is 46.7 Å². The lowest BCUT2D eigenvalue weighted by atomic mass is 10.3. The highest BCUT2D eigenvalue weighted by Crippen LogP contribution is 2.29. The van der Waals surface area contributed by atoms with Crippen molar-refractivity contribution in [3.8, 4) is 10.6 Å². The Kier molecular flexibility index (Phi) is 4.37. The molecule has 1 aromatic carbocycles. The summed E-state index contributed by atoms with van der Waals surface area (Å²) in [7, 11) is -2.21. The molecule has 23 heavy (non-hydrogen) atoms. The first kappa shape index (κ1) is 16.3. The van der Waals surface area contributed by atoms with E-state index in [4.69, 9.17) is 23.2 Å². The van der Waals surface area contributed by atoms with Crippen LogP contribution in [0.2, 0.25) is 10.0 Å². The number of hydrogen-bond donors (Lipinski definition) is 1. The molecule has 0 unspecified atom stereocenters. The van der Waals surface area contributed by atoms with E-state index in [0.29, 0.717) is 16.5 Å². The van der Waals surface area contributed by atoms with Crippen LogP contribution in [-0.4, -0.2) is 18.2 Å². The SMILES string of the molecule is Cn1nc(-c2cccs2)cc1NS(=O)(=O)c1cc(Cl)ccc1Cl. The molecule has 1 N–H and O–H groups in total. The van der Waals surface area contributed by atoms with Gasteiger partial charge in [0.15, 0.2) is 0 Å². The number of halogens is 2. The summed E-state index contributed by atoms with van der Waals surface area (Å²) >= 11 is 13.4. The van der Waals surface area contributed by atoms with Gasteiger partial charge in [0.25, 0.3) is 10.0 Å². The normalized spacial score (nSPS) is 11.6. The van der Waals surface area contributed by atoms with Crippen LogP contribution in [0.1, 0.15) is 0 Å². The Morgan fingerprint density at radius 3 is 2.70 bits per heavy atom. The number of benzene rings is 1. The van der Waals surface area contributed by atoms with Crippen LogP contribution < -0.4 is 4.72 Å². The molecule has 3 aromatic rings. The average Bonchev–Trinajstić information content (AvgIpc) is 3.12. The van der Waals surface area contributed by atoms with Gasteiger partial charge < -0.3 is 0 Å². The monoisotopic (exact) mass is 387 g/mol. The molecule has 0 spiro atoms. The maximum atomic E-state index is 12.5. The predicted octanol–water partition coefficient (Wildman–Crippen LogP) is 4.26. The van der Waals surface area contributed by atoms with Crippen LogP contribution in [0.4, 0.5) is 5.82 Å². The van der Waals surface area contributed by atoms with E-state index in [9.17, 15) is 8.42 Å².